The molecule has 1 aromatic carbocycles. The summed E-state index contributed by atoms with van der Waals surface area (Å²) in [6.45, 7) is 2.10. The van der Waals surface area contributed by atoms with Crippen LogP contribution in [-0.4, -0.2) is 5.78 Å². The number of thiophene rings is 1. The van der Waals surface area contributed by atoms with Crippen LogP contribution in [0.2, 0.25) is 0 Å². The third kappa shape index (κ3) is 2.25. The molecule has 0 aliphatic carbocycles. The van der Waals surface area contributed by atoms with E-state index in [1.54, 1.807) is 0 Å². The van der Waals surface area contributed by atoms with Crippen LogP contribution in [-0.2, 0) is 6.42 Å². The van der Waals surface area contributed by atoms with E-state index in [-0.39, 0.29) is 5.78 Å². The molecular formula is C13H11BrOS. The van der Waals surface area contributed by atoms with Gasteiger partial charge in [-0.2, -0.15) is 11.3 Å². The number of rotatable bonds is 3. The minimum atomic E-state index is 0.0794. The molecule has 0 aliphatic rings. The molecule has 2 aromatic rings. The van der Waals surface area contributed by atoms with Crippen molar-refractivity contribution in [2.24, 2.45) is 0 Å². The Morgan fingerprint density at radius 3 is 2.44 bits per heavy atom. The normalized spacial score (nSPS) is 10.4. The van der Waals surface area contributed by atoms with Gasteiger partial charge in [0.15, 0.2) is 5.78 Å². The molecule has 0 amide bonds. The summed E-state index contributed by atoms with van der Waals surface area (Å²) in [5.74, 6) is 0.0794. The maximum atomic E-state index is 12.1. The van der Waals surface area contributed by atoms with E-state index in [4.69, 9.17) is 0 Å². The molecule has 0 spiro atoms. The van der Waals surface area contributed by atoms with Crippen molar-refractivity contribution >= 4 is 33.0 Å². The molecule has 16 heavy (non-hydrogen) atoms. The van der Waals surface area contributed by atoms with Crippen LogP contribution in [0, 0.1) is 0 Å². The van der Waals surface area contributed by atoms with Gasteiger partial charge in [0.2, 0.25) is 0 Å². The van der Waals surface area contributed by atoms with Gasteiger partial charge in [-0.3, -0.25) is 4.79 Å². The van der Waals surface area contributed by atoms with E-state index in [1.165, 1.54) is 16.9 Å². The van der Waals surface area contributed by atoms with Crippen molar-refractivity contribution < 1.29 is 4.79 Å². The molecule has 0 saturated carbocycles. The number of carbonyl (C=O) groups is 1. The number of benzene rings is 1. The summed E-state index contributed by atoms with van der Waals surface area (Å²) in [5.41, 5.74) is 2.74. The number of halogens is 1. The largest absolute Gasteiger partial charge is 0.289 e. The highest BCUT2D eigenvalue weighted by Gasteiger charge is 2.12. The lowest BCUT2D eigenvalue weighted by atomic mass is 10.0. The lowest BCUT2D eigenvalue weighted by molar-refractivity contribution is 0.103. The molecule has 0 atom stereocenters. The van der Waals surface area contributed by atoms with Gasteiger partial charge in [-0.1, -0.05) is 31.2 Å². The van der Waals surface area contributed by atoms with E-state index in [2.05, 4.69) is 22.9 Å². The maximum absolute atomic E-state index is 12.1. The van der Waals surface area contributed by atoms with E-state index < -0.39 is 0 Å². The monoisotopic (exact) mass is 294 g/mol. The summed E-state index contributed by atoms with van der Waals surface area (Å²) in [7, 11) is 0. The smallest absolute Gasteiger partial charge is 0.194 e. The molecule has 0 bridgehead atoms. The number of hydrogen-bond acceptors (Lipinski definition) is 2. The number of carbonyl (C=O) groups excluding carboxylic acids is 1. The van der Waals surface area contributed by atoms with Crippen molar-refractivity contribution in [1.29, 1.82) is 0 Å². The second kappa shape index (κ2) is 4.93. The van der Waals surface area contributed by atoms with Crippen LogP contribution in [0.4, 0.5) is 0 Å². The van der Waals surface area contributed by atoms with Gasteiger partial charge in [-0.25, -0.2) is 0 Å². The molecule has 0 N–H and O–H groups in total. The topological polar surface area (TPSA) is 17.1 Å². The minimum Gasteiger partial charge on any atom is -0.289 e. The quantitative estimate of drug-likeness (QED) is 0.771. The van der Waals surface area contributed by atoms with Crippen LogP contribution < -0.4 is 0 Å². The van der Waals surface area contributed by atoms with Crippen molar-refractivity contribution in [1.82, 2.24) is 0 Å². The lowest BCUT2D eigenvalue weighted by Gasteiger charge is -2.01. The Morgan fingerprint density at radius 1 is 1.25 bits per heavy atom. The first-order chi connectivity index (χ1) is 7.72. The SMILES string of the molecule is CCc1ccc(C(=O)c2cscc2Br)cc1. The molecule has 2 rings (SSSR count). The van der Waals surface area contributed by atoms with E-state index in [0.717, 1.165) is 22.0 Å². The molecule has 0 saturated heterocycles. The van der Waals surface area contributed by atoms with Gasteiger partial charge in [-0.05, 0) is 27.9 Å². The van der Waals surface area contributed by atoms with Crippen LogP contribution in [0.1, 0.15) is 28.4 Å². The summed E-state index contributed by atoms with van der Waals surface area (Å²) in [4.78, 5) is 12.1. The Labute approximate surface area is 107 Å². The first kappa shape index (κ1) is 11.6. The summed E-state index contributed by atoms with van der Waals surface area (Å²) in [6.07, 6.45) is 0.997. The van der Waals surface area contributed by atoms with Crippen LogP contribution >= 0.6 is 27.3 Å². The van der Waals surface area contributed by atoms with Gasteiger partial charge in [0.1, 0.15) is 0 Å². The van der Waals surface area contributed by atoms with E-state index in [0.29, 0.717) is 0 Å². The second-order valence-corrected chi connectivity index (χ2v) is 5.11. The minimum absolute atomic E-state index is 0.0794. The van der Waals surface area contributed by atoms with Gasteiger partial charge >= 0.3 is 0 Å². The lowest BCUT2D eigenvalue weighted by Crippen LogP contribution is -2.00. The van der Waals surface area contributed by atoms with Crippen molar-refractivity contribution in [3.05, 3.63) is 56.2 Å². The van der Waals surface area contributed by atoms with Gasteiger partial charge < -0.3 is 0 Å². The molecule has 1 nitrogen and oxygen atoms in total. The fraction of sp³-hybridized carbons (Fsp3) is 0.154. The fourth-order valence-electron chi connectivity index (χ4n) is 1.49. The van der Waals surface area contributed by atoms with Crippen molar-refractivity contribution in [3.63, 3.8) is 0 Å². The zero-order valence-corrected chi connectivity index (χ0v) is 11.3. The highest BCUT2D eigenvalue weighted by atomic mass is 79.9. The third-order valence-electron chi connectivity index (χ3n) is 2.48. The molecule has 1 heterocycles. The van der Waals surface area contributed by atoms with Crippen molar-refractivity contribution in [2.75, 3.05) is 0 Å². The summed E-state index contributed by atoms with van der Waals surface area (Å²) < 4.78 is 0.877. The Hall–Kier alpha value is -0.930. The Bertz CT molecular complexity index is 499. The Balaban J connectivity index is 2.31. The second-order valence-electron chi connectivity index (χ2n) is 3.51. The zero-order valence-electron chi connectivity index (χ0n) is 8.87. The predicted octanol–water partition coefficient (Wildman–Crippen LogP) is 4.30. The predicted molar refractivity (Wildman–Crippen MR) is 71.3 cm³/mol. The summed E-state index contributed by atoms with van der Waals surface area (Å²) in [6, 6.07) is 7.80. The molecule has 0 radical (unpaired) electrons. The van der Waals surface area contributed by atoms with E-state index in [9.17, 15) is 4.79 Å². The molecule has 0 aliphatic heterocycles. The van der Waals surface area contributed by atoms with Gasteiger partial charge in [0.25, 0.3) is 0 Å². The van der Waals surface area contributed by atoms with Crippen molar-refractivity contribution in [2.45, 2.75) is 13.3 Å². The van der Waals surface area contributed by atoms with Crippen LogP contribution in [0.15, 0.2) is 39.5 Å². The van der Waals surface area contributed by atoms with E-state index >= 15 is 0 Å². The average molecular weight is 295 g/mol. The molecular weight excluding hydrogens is 284 g/mol. The standard InChI is InChI=1S/C13H11BrOS/c1-2-9-3-5-10(6-4-9)13(15)11-7-16-8-12(11)14/h3-8H,2H2,1H3. The molecule has 1 aromatic heterocycles. The summed E-state index contributed by atoms with van der Waals surface area (Å²) >= 11 is 4.91. The highest BCUT2D eigenvalue weighted by molar-refractivity contribution is 9.10. The zero-order chi connectivity index (χ0) is 11.5. The van der Waals surface area contributed by atoms with E-state index in [1.807, 2.05) is 35.0 Å². The highest BCUT2D eigenvalue weighted by Crippen LogP contribution is 2.24. The maximum Gasteiger partial charge on any atom is 0.194 e. The first-order valence-electron chi connectivity index (χ1n) is 5.07. The van der Waals surface area contributed by atoms with Crippen molar-refractivity contribution in [3.8, 4) is 0 Å². The summed E-state index contributed by atoms with van der Waals surface area (Å²) in [5, 5.41) is 3.80. The molecule has 3 heteroatoms. The molecule has 0 unspecified atom stereocenters. The van der Waals surface area contributed by atoms with Gasteiger partial charge in [0.05, 0.1) is 0 Å². The number of ketones is 1. The fourth-order valence-corrected chi connectivity index (χ4v) is 2.95. The number of aryl methyl sites for hydroxylation is 1. The molecule has 82 valence electrons. The molecule has 0 fully saturated rings. The first-order valence-corrected chi connectivity index (χ1v) is 6.81. The Morgan fingerprint density at radius 2 is 1.94 bits per heavy atom. The number of hydrogen-bond donors (Lipinski definition) is 0. The van der Waals surface area contributed by atoms with Gasteiger partial charge in [0, 0.05) is 26.4 Å². The average Bonchev–Trinajstić information content (AvgIpc) is 2.75. The van der Waals surface area contributed by atoms with Crippen LogP contribution in [0.5, 0.6) is 0 Å². The van der Waals surface area contributed by atoms with Crippen LogP contribution in [0.3, 0.4) is 0 Å². The van der Waals surface area contributed by atoms with Gasteiger partial charge in [-0.15, -0.1) is 0 Å². The third-order valence-corrected chi connectivity index (χ3v) is 4.19. The Kier molecular flexibility index (Phi) is 3.56. The van der Waals surface area contributed by atoms with Crippen LogP contribution in [0.25, 0.3) is 0 Å².